The van der Waals surface area contributed by atoms with E-state index in [4.69, 9.17) is 7.85 Å². The predicted molar refractivity (Wildman–Crippen MR) is 80.5 cm³/mol. The number of fused-ring (bicyclic) bond motifs is 3. The predicted octanol–water partition coefficient (Wildman–Crippen LogP) is 1.02. The largest absolute Gasteiger partial charge is 0.400 e. The Balaban J connectivity index is 1.72. The van der Waals surface area contributed by atoms with E-state index in [9.17, 15) is 9.90 Å². The number of carbonyl (C=O) groups is 1. The highest BCUT2D eigenvalue weighted by Gasteiger charge is 2.37. The lowest BCUT2D eigenvalue weighted by Crippen LogP contribution is -2.63. The van der Waals surface area contributed by atoms with Crippen molar-refractivity contribution in [3.8, 4) is 0 Å². The Bertz CT molecular complexity index is 335. The minimum atomic E-state index is -1.08. The number of nitrogens with zero attached hydrogens (tertiary/aromatic N) is 1. The van der Waals surface area contributed by atoms with Gasteiger partial charge in [0.25, 0.3) is 0 Å². The highest BCUT2D eigenvalue weighted by atomic mass is 16.3. The van der Waals surface area contributed by atoms with Crippen LogP contribution in [0.5, 0.6) is 0 Å². The second-order valence-corrected chi connectivity index (χ2v) is 6.83. The second kappa shape index (κ2) is 6.48. The molecular formula is C15H27BN2O2. The number of rotatable bonds is 6. The number of piperidine rings is 2. The minimum absolute atomic E-state index is 0.0806. The van der Waals surface area contributed by atoms with E-state index in [0.717, 1.165) is 38.8 Å². The van der Waals surface area contributed by atoms with Crippen molar-refractivity contribution < 1.29 is 9.90 Å². The monoisotopic (exact) mass is 278 g/mol. The summed E-state index contributed by atoms with van der Waals surface area (Å²) >= 11 is 0. The van der Waals surface area contributed by atoms with Gasteiger partial charge in [0.15, 0.2) is 0 Å². The quantitative estimate of drug-likeness (QED) is 0.563. The fourth-order valence-electron chi connectivity index (χ4n) is 3.32. The summed E-state index contributed by atoms with van der Waals surface area (Å²) in [6, 6.07) is 0.906. The molecule has 3 fully saturated rings. The van der Waals surface area contributed by atoms with E-state index in [2.05, 4.69) is 10.2 Å². The van der Waals surface area contributed by atoms with Gasteiger partial charge in [-0.05, 0) is 32.6 Å². The highest BCUT2D eigenvalue weighted by Crippen LogP contribution is 2.25. The maximum Gasteiger partial charge on any atom is 0.225 e. The van der Waals surface area contributed by atoms with Gasteiger partial charge in [0.1, 0.15) is 7.85 Å². The molecule has 20 heavy (non-hydrogen) atoms. The summed E-state index contributed by atoms with van der Waals surface area (Å²) in [5.41, 5.74) is -1.08. The summed E-state index contributed by atoms with van der Waals surface area (Å²) in [5, 5.41) is 12.9. The molecule has 0 aromatic rings. The summed E-state index contributed by atoms with van der Waals surface area (Å²) in [6.45, 7) is 5.49. The zero-order valence-electron chi connectivity index (χ0n) is 12.8. The molecule has 2 radical (unpaired) electrons. The summed E-state index contributed by atoms with van der Waals surface area (Å²) in [6.07, 6.45) is 5.64. The van der Waals surface area contributed by atoms with Gasteiger partial charge in [-0.3, -0.25) is 4.79 Å². The van der Waals surface area contributed by atoms with Crippen LogP contribution in [0.4, 0.5) is 0 Å². The SMILES string of the molecule is [B]C(C)(O)CCCCC(C)C(=O)N1CC2CCC1CN2. The number of hydrogen-bond acceptors (Lipinski definition) is 3. The summed E-state index contributed by atoms with van der Waals surface area (Å²) in [5.74, 6) is 0.387. The first-order valence-electron chi connectivity index (χ1n) is 7.92. The maximum atomic E-state index is 12.5. The van der Waals surface area contributed by atoms with Crippen molar-refractivity contribution in [2.45, 2.75) is 70.0 Å². The third-order valence-corrected chi connectivity index (χ3v) is 4.62. The molecule has 0 saturated carbocycles. The molecule has 3 heterocycles. The summed E-state index contributed by atoms with van der Waals surface area (Å²) in [4.78, 5) is 14.6. The van der Waals surface area contributed by atoms with Gasteiger partial charge in [-0.1, -0.05) is 19.8 Å². The standard InChI is InChI=1S/C15H27BN2O2/c1-11(5-3-4-8-15(2,16)20)14(19)18-10-12-6-7-13(18)9-17-12/h11-13,17,20H,3-10H2,1-2H3. The molecule has 0 aromatic heterocycles. The van der Waals surface area contributed by atoms with Crippen LogP contribution in [0.3, 0.4) is 0 Å². The molecule has 4 unspecified atom stereocenters. The van der Waals surface area contributed by atoms with Crippen molar-refractivity contribution in [1.29, 1.82) is 0 Å². The summed E-state index contributed by atoms with van der Waals surface area (Å²) < 4.78 is 0. The molecule has 2 N–H and O–H groups in total. The average Bonchev–Trinajstić information content (AvgIpc) is 2.42. The van der Waals surface area contributed by atoms with Crippen molar-refractivity contribution in [2.75, 3.05) is 13.1 Å². The van der Waals surface area contributed by atoms with Crippen molar-refractivity contribution in [1.82, 2.24) is 10.2 Å². The van der Waals surface area contributed by atoms with Gasteiger partial charge < -0.3 is 15.3 Å². The molecular weight excluding hydrogens is 251 g/mol. The van der Waals surface area contributed by atoms with Crippen molar-refractivity contribution >= 4 is 13.8 Å². The number of nitrogens with one attached hydrogen (secondary N) is 1. The van der Waals surface area contributed by atoms with Crippen molar-refractivity contribution in [2.24, 2.45) is 5.92 Å². The molecule has 4 atom stereocenters. The van der Waals surface area contributed by atoms with E-state index in [1.807, 2.05) is 6.92 Å². The van der Waals surface area contributed by atoms with Crippen LogP contribution in [0.2, 0.25) is 0 Å². The number of hydrogen-bond donors (Lipinski definition) is 2. The van der Waals surface area contributed by atoms with Gasteiger partial charge >= 0.3 is 0 Å². The van der Waals surface area contributed by atoms with Crippen LogP contribution in [0.15, 0.2) is 0 Å². The molecule has 0 spiro atoms. The first kappa shape index (κ1) is 15.8. The Labute approximate surface area is 123 Å². The van der Waals surface area contributed by atoms with Crippen LogP contribution in [0.25, 0.3) is 0 Å². The zero-order valence-corrected chi connectivity index (χ0v) is 12.8. The topological polar surface area (TPSA) is 52.6 Å². The maximum absolute atomic E-state index is 12.5. The van der Waals surface area contributed by atoms with Gasteiger partial charge in [0, 0.05) is 36.6 Å². The number of piperazine rings is 1. The Hall–Kier alpha value is -0.545. The molecule has 112 valence electrons. The Morgan fingerprint density at radius 1 is 1.50 bits per heavy atom. The number of aliphatic hydroxyl groups is 1. The Morgan fingerprint density at radius 3 is 2.75 bits per heavy atom. The zero-order chi connectivity index (χ0) is 14.8. The Morgan fingerprint density at radius 2 is 2.25 bits per heavy atom. The van der Waals surface area contributed by atoms with Crippen molar-refractivity contribution in [3.63, 3.8) is 0 Å². The lowest BCUT2D eigenvalue weighted by atomic mass is 9.79. The van der Waals surface area contributed by atoms with E-state index < -0.39 is 5.50 Å². The molecule has 3 aliphatic rings. The van der Waals surface area contributed by atoms with Crippen LogP contribution < -0.4 is 5.32 Å². The third kappa shape index (κ3) is 4.22. The van der Waals surface area contributed by atoms with E-state index in [1.54, 1.807) is 6.92 Å². The van der Waals surface area contributed by atoms with Gasteiger partial charge in [-0.25, -0.2) is 0 Å². The van der Waals surface area contributed by atoms with Gasteiger partial charge in [-0.2, -0.15) is 0 Å². The number of unbranched alkanes of at least 4 members (excludes halogenated alkanes) is 1. The molecule has 3 saturated heterocycles. The molecule has 3 rings (SSSR count). The molecule has 3 aliphatic heterocycles. The Kier molecular flexibility index (Phi) is 5.13. The smallest absolute Gasteiger partial charge is 0.225 e. The highest BCUT2D eigenvalue weighted by molar-refractivity contribution is 6.13. The van der Waals surface area contributed by atoms with Gasteiger partial charge in [-0.15, -0.1) is 0 Å². The normalized spacial score (nSPS) is 30.1. The van der Waals surface area contributed by atoms with Crippen molar-refractivity contribution in [3.05, 3.63) is 0 Å². The lowest BCUT2D eigenvalue weighted by Gasteiger charge is -2.46. The molecule has 0 aromatic carbocycles. The van der Waals surface area contributed by atoms with E-state index in [1.165, 1.54) is 6.42 Å². The van der Waals surface area contributed by atoms with E-state index in [0.29, 0.717) is 24.4 Å². The second-order valence-electron chi connectivity index (χ2n) is 6.83. The molecule has 5 heteroatoms. The first-order chi connectivity index (χ1) is 9.37. The fourth-order valence-corrected chi connectivity index (χ4v) is 3.32. The van der Waals surface area contributed by atoms with Crippen LogP contribution in [-0.2, 0) is 4.79 Å². The number of carbonyl (C=O) groups excluding carboxylic acids is 1. The lowest BCUT2D eigenvalue weighted by molar-refractivity contribution is -0.141. The van der Waals surface area contributed by atoms with E-state index >= 15 is 0 Å². The molecule has 0 aliphatic carbocycles. The van der Waals surface area contributed by atoms with Crippen LogP contribution in [0, 0.1) is 5.92 Å². The molecule has 2 bridgehead atoms. The third-order valence-electron chi connectivity index (χ3n) is 4.62. The van der Waals surface area contributed by atoms with Crippen LogP contribution >= 0.6 is 0 Å². The summed E-state index contributed by atoms with van der Waals surface area (Å²) in [7, 11) is 5.54. The number of amides is 1. The minimum Gasteiger partial charge on any atom is -0.400 e. The first-order valence-corrected chi connectivity index (χ1v) is 7.92. The van der Waals surface area contributed by atoms with Crippen LogP contribution in [-0.4, -0.2) is 54.4 Å². The molecule has 4 nitrogen and oxygen atoms in total. The fraction of sp³-hybridized carbons (Fsp3) is 0.933. The van der Waals surface area contributed by atoms with Gasteiger partial charge in [0.05, 0.1) is 0 Å². The average molecular weight is 278 g/mol. The van der Waals surface area contributed by atoms with Gasteiger partial charge in [0.2, 0.25) is 5.91 Å². The molecule has 1 amide bonds. The van der Waals surface area contributed by atoms with E-state index in [-0.39, 0.29) is 5.92 Å². The van der Waals surface area contributed by atoms with Crippen LogP contribution in [0.1, 0.15) is 52.4 Å².